The third kappa shape index (κ3) is 11.6. The Hall–Kier alpha value is -16.5. The van der Waals surface area contributed by atoms with E-state index in [2.05, 4.69) is 534 Å². The fourth-order valence-electron chi connectivity index (χ4n) is 28.3. The Morgan fingerprint density at radius 2 is 0.500 bits per heavy atom. The van der Waals surface area contributed by atoms with Gasteiger partial charge in [0.2, 0.25) is 26.9 Å². The van der Waals surface area contributed by atoms with Crippen LogP contribution in [0.25, 0.3) is 110 Å². The highest BCUT2D eigenvalue weighted by atomic mass is 15.2. The van der Waals surface area contributed by atoms with E-state index in [1.165, 1.54) is 237 Å². The van der Waals surface area contributed by atoms with Crippen LogP contribution in [0.15, 0.2) is 437 Å². The van der Waals surface area contributed by atoms with E-state index < -0.39 is 0 Å². The van der Waals surface area contributed by atoms with Gasteiger partial charge in [-0.15, -0.1) is 0 Å². The van der Waals surface area contributed by atoms with Crippen molar-refractivity contribution in [2.45, 2.75) is 90.9 Å². The van der Waals surface area contributed by atoms with Gasteiger partial charge in [-0.3, -0.25) is 0 Å². The van der Waals surface area contributed by atoms with E-state index in [0.717, 1.165) is 28.4 Å². The largest absolute Gasteiger partial charge is 0.310 e. The first-order chi connectivity index (χ1) is 70.4. The van der Waals surface area contributed by atoms with Gasteiger partial charge >= 0.3 is 0 Å². The number of anilines is 6. The lowest BCUT2D eigenvalue weighted by molar-refractivity contribution is 0.645. The summed E-state index contributed by atoms with van der Waals surface area (Å²) in [6, 6.07) is 162. The van der Waals surface area contributed by atoms with Crippen molar-refractivity contribution in [3.63, 3.8) is 0 Å². The monoisotopic (exact) mass is 1840 g/mol. The molecule has 0 unspecified atom stereocenters. The predicted octanol–water partition coefficient (Wildman–Crippen LogP) is 24.6. The van der Waals surface area contributed by atoms with Crippen LogP contribution >= 0.6 is 0 Å². The normalized spacial score (nSPS) is 14.6. The Balaban J connectivity index is 0.0000000924. The lowest BCUT2D eigenvalue weighted by Crippen LogP contribution is -2.63. The molecule has 0 aliphatic carbocycles. The van der Waals surface area contributed by atoms with Crippen molar-refractivity contribution in [1.29, 1.82) is 0 Å². The van der Waals surface area contributed by atoms with Gasteiger partial charge in [-0.1, -0.05) is 410 Å². The fourth-order valence-corrected chi connectivity index (χ4v) is 28.3. The van der Waals surface area contributed by atoms with E-state index in [1.807, 2.05) is 0 Å². The van der Waals surface area contributed by atoms with Gasteiger partial charge in [0.05, 0.1) is 27.8 Å². The van der Waals surface area contributed by atoms with Gasteiger partial charge in [-0.25, -0.2) is 0 Å². The SMILES string of the molecule is CC1(C)c2ccccc2B2c3c(cccc31)-n1c3c2cccc3c2cccc(N(c3ccccc3)c3ccccc3)c21.CC1(C)c2ccccc2B2c3c(cccc31)-n1c3cc(N(c4ccccc4)c4ccccc4)ccc3c3cccc2c31.Cc1ccc2c(c1)c1cccc3c1n2-c1cccc2c1B3c1ccccc1C2(C)C.Cc1cccc2c1c1cccc3c1n2-c1cccc2c1B3c1ccccc1C2(C)C. The van der Waals surface area contributed by atoms with Crippen LogP contribution < -0.4 is 75.4 Å². The molecule has 0 saturated heterocycles. The molecule has 144 heavy (non-hydrogen) atoms. The molecule has 4 aromatic heterocycles. The standard InChI is InChI=1S/2C39H29BN2.2C28H22BN/c1-39(2)30-20-9-10-22-32(30)40-33-23-11-18-28-29-19-12-25-35(38(29)42(37(28)33)34-24-13-21-31(39)36(34)40)41(26-14-5-3-6-15-26)27-16-7-4-8-17-27;1-39(2)31-18-9-10-20-33(31)40-34-21-11-17-30-29-24-23-28(41(26-13-5-3-6-14-26)27-15-7-4-8-16-27)25-36(29)42(38(30)34)35-22-12-19-32(39)37(35)40;1-17-9-6-15-23-25(17)18-10-7-14-22-27(18)30(23)24-16-8-12-20-26(24)29(22)21-13-5-4-11-19(21)28(20,2)3;1-17-14-15-24-19(16-17)18-8-6-12-23-27(18)30(24)25-13-7-10-21-26(25)29(23)22-11-5-4-9-20(22)28(21,2)3/h2*3-25H,1-2H3;2*4-16H,1-3H3. The lowest BCUT2D eigenvalue weighted by atomic mass is 9.30. The van der Waals surface area contributed by atoms with Crippen LogP contribution in [0, 0.1) is 13.8 Å². The van der Waals surface area contributed by atoms with E-state index in [9.17, 15) is 0 Å². The van der Waals surface area contributed by atoms with Crippen LogP contribution in [-0.2, 0) is 21.7 Å². The number of aromatic nitrogens is 4. The molecule has 6 nitrogen and oxygen atoms in total. The Morgan fingerprint density at radius 3 is 0.924 bits per heavy atom. The minimum atomic E-state index is -0.0876. The molecular weight excluding hydrogens is 1740 g/mol. The van der Waals surface area contributed by atoms with Crippen molar-refractivity contribution in [3.05, 3.63) is 492 Å². The zero-order valence-electron chi connectivity index (χ0n) is 82.6. The highest BCUT2D eigenvalue weighted by Gasteiger charge is 2.51. The molecule has 0 N–H and O–H groups in total. The quantitative estimate of drug-likeness (QED) is 0.155. The van der Waals surface area contributed by atoms with Crippen molar-refractivity contribution in [1.82, 2.24) is 18.3 Å². The third-order valence-corrected chi connectivity index (χ3v) is 34.4. The molecule has 0 amide bonds. The second-order valence-electron chi connectivity index (χ2n) is 43.2. The summed E-state index contributed by atoms with van der Waals surface area (Å²) in [5, 5.41) is 10.7. The molecule has 0 spiro atoms. The number of fused-ring (bicyclic) bond motifs is 28. The van der Waals surface area contributed by atoms with E-state index in [0.29, 0.717) is 13.4 Å². The minimum absolute atomic E-state index is 0.0105. The number of hydrogen-bond donors (Lipinski definition) is 0. The van der Waals surface area contributed by atoms with Crippen molar-refractivity contribution in [3.8, 4) is 22.7 Å². The van der Waals surface area contributed by atoms with E-state index in [4.69, 9.17) is 0 Å². The maximum absolute atomic E-state index is 2.58. The van der Waals surface area contributed by atoms with Gasteiger partial charge in [0, 0.05) is 138 Å². The Morgan fingerprint density at radius 1 is 0.194 bits per heavy atom. The van der Waals surface area contributed by atoms with Crippen molar-refractivity contribution in [2.24, 2.45) is 0 Å². The Bertz CT molecular complexity index is 9530. The number of para-hydroxylation sites is 9. The molecular formula is C134H102B4N6. The molecule has 0 saturated carbocycles. The van der Waals surface area contributed by atoms with Crippen molar-refractivity contribution < 1.29 is 0 Å². The van der Waals surface area contributed by atoms with Gasteiger partial charge in [0.25, 0.3) is 0 Å². The molecule has 12 heterocycles. The van der Waals surface area contributed by atoms with Gasteiger partial charge in [-0.05, 0) is 217 Å². The molecule has 680 valence electrons. The highest BCUT2D eigenvalue weighted by molar-refractivity contribution is 7.01. The predicted molar refractivity (Wildman–Crippen MR) is 615 cm³/mol. The van der Waals surface area contributed by atoms with E-state index in [1.54, 1.807) is 0 Å². The first-order valence-electron chi connectivity index (χ1n) is 51.4. The summed E-state index contributed by atoms with van der Waals surface area (Å²) in [5.41, 5.74) is 54.1. The number of benzene rings is 20. The molecule has 0 atom stereocenters. The summed E-state index contributed by atoms with van der Waals surface area (Å²) in [4.78, 5) is 4.77. The van der Waals surface area contributed by atoms with Crippen molar-refractivity contribution >= 4 is 214 Å². The highest BCUT2D eigenvalue weighted by Crippen LogP contribution is 2.50. The molecule has 20 aromatic carbocycles. The van der Waals surface area contributed by atoms with Gasteiger partial charge in [0.1, 0.15) is 0 Å². The van der Waals surface area contributed by atoms with Crippen LogP contribution in [0.4, 0.5) is 34.1 Å². The zero-order valence-corrected chi connectivity index (χ0v) is 82.6. The second-order valence-corrected chi connectivity index (χ2v) is 43.2. The summed E-state index contributed by atoms with van der Waals surface area (Å²) in [5.74, 6) is 0. The minimum Gasteiger partial charge on any atom is -0.310 e. The van der Waals surface area contributed by atoms with Crippen LogP contribution in [0.3, 0.4) is 0 Å². The maximum atomic E-state index is 2.58. The second kappa shape index (κ2) is 31.0. The summed E-state index contributed by atoms with van der Waals surface area (Å²) >= 11 is 0. The van der Waals surface area contributed by atoms with Gasteiger partial charge in [0.15, 0.2) is 0 Å². The molecule has 32 rings (SSSR count). The average Bonchev–Trinajstić information content (AvgIpc) is 1.60. The topological polar surface area (TPSA) is 26.2 Å². The molecule has 8 aliphatic rings. The van der Waals surface area contributed by atoms with Crippen LogP contribution in [-0.4, -0.2) is 45.1 Å². The molecule has 0 bridgehead atoms. The van der Waals surface area contributed by atoms with Gasteiger partial charge in [-0.2, -0.15) is 0 Å². The van der Waals surface area contributed by atoms with E-state index >= 15 is 0 Å². The summed E-state index contributed by atoms with van der Waals surface area (Å²) in [7, 11) is 0. The smallest absolute Gasteiger partial charge is 0.247 e. The van der Waals surface area contributed by atoms with Gasteiger partial charge < -0.3 is 28.1 Å². The molecule has 0 fully saturated rings. The first-order valence-corrected chi connectivity index (χ1v) is 51.4. The molecule has 24 aromatic rings. The Labute approximate surface area is 841 Å². The molecule has 0 radical (unpaired) electrons. The van der Waals surface area contributed by atoms with E-state index in [-0.39, 0.29) is 35.1 Å². The lowest BCUT2D eigenvalue weighted by Gasteiger charge is -2.41. The number of aryl methyl sites for hydroxylation is 2. The maximum Gasteiger partial charge on any atom is 0.247 e. The number of nitrogens with zero attached hydrogens (tertiary/aromatic N) is 6. The third-order valence-electron chi connectivity index (χ3n) is 34.4. The molecule has 10 heteroatoms. The Kier molecular flexibility index (Phi) is 18.1. The average molecular weight is 1840 g/mol. The fraction of sp³-hybridized carbons (Fsp3) is 0.104. The first kappa shape index (κ1) is 84.3. The number of rotatable bonds is 6. The summed E-state index contributed by atoms with van der Waals surface area (Å²) < 4.78 is 10.2. The molecule has 8 aliphatic heterocycles. The van der Waals surface area contributed by atoms with Crippen LogP contribution in [0.1, 0.15) is 111 Å². The number of hydrogen-bond acceptors (Lipinski definition) is 2. The van der Waals surface area contributed by atoms with Crippen LogP contribution in [0.2, 0.25) is 0 Å². The van der Waals surface area contributed by atoms with Crippen LogP contribution in [0.5, 0.6) is 0 Å². The summed E-state index contributed by atoms with van der Waals surface area (Å²) in [6.45, 7) is 24.5. The van der Waals surface area contributed by atoms with Crippen molar-refractivity contribution in [2.75, 3.05) is 9.80 Å². The summed E-state index contributed by atoms with van der Waals surface area (Å²) in [6.07, 6.45) is 0. The zero-order chi connectivity index (χ0) is 96.4.